The van der Waals surface area contributed by atoms with Gasteiger partial charge in [0.15, 0.2) is 13.5 Å². The van der Waals surface area contributed by atoms with Gasteiger partial charge in [-0.3, -0.25) is 13.6 Å². The Morgan fingerprint density at radius 1 is 1.35 bits per heavy atom. The lowest BCUT2D eigenvalue weighted by Crippen LogP contribution is -2.37. The first-order valence-corrected chi connectivity index (χ1v) is 6.39. The SMILES string of the molecule is C[N+](C)(C)COP(=O)([O-])OCOCC(O)CO. The zero-order valence-corrected chi connectivity index (χ0v) is 11.1. The Balaban J connectivity index is 3.75. The van der Waals surface area contributed by atoms with Crippen molar-refractivity contribution in [3.63, 3.8) is 0 Å². The van der Waals surface area contributed by atoms with E-state index in [2.05, 4.69) is 13.8 Å². The number of phosphoric acid groups is 1. The van der Waals surface area contributed by atoms with Gasteiger partial charge in [0, 0.05) is 0 Å². The standard InChI is InChI=1S/C8H20NO7P/c1-9(2,3)6-15-17(12,13)16-7-14-5-8(11)4-10/h8,10-11H,4-7H2,1-3H3. The third-order valence-corrected chi connectivity index (χ3v) is 2.27. The normalized spacial score (nSPS) is 17.8. The molecule has 0 aromatic carbocycles. The van der Waals surface area contributed by atoms with E-state index < -0.39 is 27.3 Å². The molecule has 0 aromatic heterocycles. The molecule has 0 fully saturated rings. The molecule has 0 amide bonds. The number of ether oxygens (including phenoxy) is 1. The number of aliphatic hydroxyl groups is 2. The molecule has 9 heteroatoms. The van der Waals surface area contributed by atoms with Crippen LogP contribution < -0.4 is 4.89 Å². The Bertz CT molecular complexity index is 255. The second kappa shape index (κ2) is 7.40. The van der Waals surface area contributed by atoms with Crippen LogP contribution in [0.2, 0.25) is 0 Å². The topological polar surface area (TPSA) is 108 Å². The van der Waals surface area contributed by atoms with E-state index in [1.807, 2.05) is 0 Å². The van der Waals surface area contributed by atoms with Crippen molar-refractivity contribution in [2.75, 3.05) is 47.9 Å². The molecule has 0 saturated heterocycles. The second-order valence-corrected chi connectivity index (χ2v) is 5.86. The summed E-state index contributed by atoms with van der Waals surface area (Å²) in [7, 11) is 0.882. The average Bonchev–Trinajstić information content (AvgIpc) is 2.20. The summed E-state index contributed by atoms with van der Waals surface area (Å²) in [6.45, 7) is -1.30. The van der Waals surface area contributed by atoms with Crippen LogP contribution in [0.3, 0.4) is 0 Å². The van der Waals surface area contributed by atoms with Crippen molar-refractivity contribution in [3.8, 4) is 0 Å². The van der Waals surface area contributed by atoms with Crippen molar-refractivity contribution >= 4 is 7.82 Å². The van der Waals surface area contributed by atoms with E-state index in [1.165, 1.54) is 0 Å². The third kappa shape index (κ3) is 10.8. The Morgan fingerprint density at radius 2 is 1.94 bits per heavy atom. The van der Waals surface area contributed by atoms with Gasteiger partial charge in [-0.15, -0.1) is 0 Å². The lowest BCUT2D eigenvalue weighted by molar-refractivity contribution is -0.887. The fraction of sp³-hybridized carbons (Fsp3) is 1.00. The minimum absolute atomic E-state index is 0.0555. The van der Waals surface area contributed by atoms with Crippen molar-refractivity contribution in [3.05, 3.63) is 0 Å². The van der Waals surface area contributed by atoms with E-state index in [4.69, 9.17) is 10.2 Å². The average molecular weight is 273 g/mol. The summed E-state index contributed by atoms with van der Waals surface area (Å²) >= 11 is 0. The smallest absolute Gasteiger partial charge is 0.274 e. The highest BCUT2D eigenvalue weighted by Crippen LogP contribution is 2.38. The molecule has 0 bridgehead atoms. The summed E-state index contributed by atoms with van der Waals surface area (Å²) in [5.41, 5.74) is 0. The number of hydrogen-bond acceptors (Lipinski definition) is 7. The fourth-order valence-electron chi connectivity index (χ4n) is 0.620. The van der Waals surface area contributed by atoms with Gasteiger partial charge in [0.2, 0.25) is 0 Å². The van der Waals surface area contributed by atoms with Crippen LogP contribution in [0.15, 0.2) is 0 Å². The molecule has 2 atom stereocenters. The number of hydrogen-bond donors (Lipinski definition) is 2. The maximum atomic E-state index is 11.2. The zero-order valence-electron chi connectivity index (χ0n) is 10.2. The molecule has 0 aliphatic carbocycles. The molecule has 0 saturated carbocycles. The Morgan fingerprint density at radius 3 is 2.41 bits per heavy atom. The van der Waals surface area contributed by atoms with Gasteiger partial charge in [0.25, 0.3) is 7.82 Å². The van der Waals surface area contributed by atoms with Crippen molar-refractivity contribution in [1.82, 2.24) is 0 Å². The molecular formula is C8H20NO7P. The molecule has 0 radical (unpaired) electrons. The van der Waals surface area contributed by atoms with Crippen LogP contribution in [-0.2, 0) is 18.3 Å². The molecule has 0 aliphatic heterocycles. The van der Waals surface area contributed by atoms with Crippen LogP contribution in [0.25, 0.3) is 0 Å². The van der Waals surface area contributed by atoms with Crippen LogP contribution >= 0.6 is 7.82 Å². The molecular weight excluding hydrogens is 253 g/mol. The third-order valence-electron chi connectivity index (χ3n) is 1.42. The van der Waals surface area contributed by atoms with Crippen LogP contribution in [0, 0.1) is 0 Å². The molecule has 8 nitrogen and oxygen atoms in total. The molecule has 2 unspecified atom stereocenters. The van der Waals surface area contributed by atoms with Gasteiger partial charge in [-0.25, -0.2) is 0 Å². The van der Waals surface area contributed by atoms with Crippen molar-refractivity contribution in [1.29, 1.82) is 0 Å². The zero-order chi connectivity index (χ0) is 13.5. The van der Waals surface area contributed by atoms with E-state index in [0.717, 1.165) is 0 Å². The van der Waals surface area contributed by atoms with Gasteiger partial charge in [-0.05, 0) is 0 Å². The van der Waals surface area contributed by atoms with E-state index >= 15 is 0 Å². The van der Waals surface area contributed by atoms with E-state index in [1.54, 1.807) is 21.1 Å². The van der Waals surface area contributed by atoms with Crippen LogP contribution in [-0.4, -0.2) is 68.7 Å². The Kier molecular flexibility index (Phi) is 7.38. The molecule has 0 aromatic rings. The lowest BCUT2D eigenvalue weighted by Gasteiger charge is -2.28. The molecule has 2 N–H and O–H groups in total. The highest BCUT2D eigenvalue weighted by atomic mass is 31.2. The van der Waals surface area contributed by atoms with Crippen molar-refractivity contribution < 1.29 is 37.9 Å². The molecule has 0 rings (SSSR count). The van der Waals surface area contributed by atoms with Gasteiger partial charge >= 0.3 is 0 Å². The number of nitrogens with zero attached hydrogens (tertiary/aromatic N) is 1. The number of quaternary nitrogens is 1. The van der Waals surface area contributed by atoms with Crippen LogP contribution in [0.1, 0.15) is 0 Å². The van der Waals surface area contributed by atoms with Crippen LogP contribution in [0.4, 0.5) is 0 Å². The number of aliphatic hydroxyl groups excluding tert-OH is 2. The lowest BCUT2D eigenvalue weighted by atomic mass is 10.4. The predicted molar refractivity (Wildman–Crippen MR) is 56.6 cm³/mol. The fourth-order valence-corrected chi connectivity index (χ4v) is 1.39. The molecule has 0 aliphatic rings. The van der Waals surface area contributed by atoms with Crippen molar-refractivity contribution in [2.24, 2.45) is 0 Å². The second-order valence-electron chi connectivity index (χ2n) is 4.45. The molecule has 104 valence electrons. The Hall–Kier alpha value is -0.0500. The summed E-state index contributed by atoms with van der Waals surface area (Å²) in [4.78, 5) is 11.2. The maximum Gasteiger partial charge on any atom is 0.274 e. The molecule has 0 spiro atoms. The quantitative estimate of drug-likeness (QED) is 0.227. The highest BCUT2D eigenvalue weighted by Gasteiger charge is 2.15. The van der Waals surface area contributed by atoms with Crippen molar-refractivity contribution in [2.45, 2.75) is 6.10 Å². The van der Waals surface area contributed by atoms with Gasteiger partial charge in [0.05, 0.1) is 34.4 Å². The van der Waals surface area contributed by atoms with E-state index in [-0.39, 0.29) is 13.3 Å². The predicted octanol–water partition coefficient (Wildman–Crippen LogP) is -1.52. The van der Waals surface area contributed by atoms with Gasteiger partial charge in [0.1, 0.15) is 6.10 Å². The molecule has 17 heavy (non-hydrogen) atoms. The van der Waals surface area contributed by atoms with Gasteiger partial charge in [-0.1, -0.05) is 0 Å². The summed E-state index contributed by atoms with van der Waals surface area (Å²) in [5, 5.41) is 17.3. The largest absolute Gasteiger partial charge is 0.756 e. The summed E-state index contributed by atoms with van der Waals surface area (Å²) < 4.78 is 25.1. The van der Waals surface area contributed by atoms with Gasteiger partial charge < -0.3 is 24.3 Å². The summed E-state index contributed by atoms with van der Waals surface area (Å²) in [6, 6.07) is 0. The Labute approximate surface area is 101 Å². The number of phosphoric ester groups is 1. The van der Waals surface area contributed by atoms with E-state index in [0.29, 0.717) is 4.48 Å². The van der Waals surface area contributed by atoms with E-state index in [9.17, 15) is 9.46 Å². The monoisotopic (exact) mass is 273 g/mol. The first-order chi connectivity index (χ1) is 7.66. The summed E-state index contributed by atoms with van der Waals surface area (Å²) in [5.74, 6) is 0. The maximum absolute atomic E-state index is 11.2. The first-order valence-electron chi connectivity index (χ1n) is 4.93. The van der Waals surface area contributed by atoms with Gasteiger partial charge in [-0.2, -0.15) is 0 Å². The van der Waals surface area contributed by atoms with Crippen LogP contribution in [0.5, 0.6) is 0 Å². The number of rotatable bonds is 9. The molecule has 0 heterocycles. The minimum Gasteiger partial charge on any atom is -0.756 e. The summed E-state index contributed by atoms with van der Waals surface area (Å²) in [6.07, 6.45) is -1.06. The minimum atomic E-state index is -4.39. The first kappa shape index (κ1) is 16.9. The highest BCUT2D eigenvalue weighted by molar-refractivity contribution is 7.45.